The second-order valence-corrected chi connectivity index (χ2v) is 3.84. The molecule has 0 fully saturated rings. The van der Waals surface area contributed by atoms with Gasteiger partial charge in [-0.15, -0.1) is 11.6 Å². The number of halogens is 3. The van der Waals surface area contributed by atoms with Crippen molar-refractivity contribution >= 4 is 11.6 Å². The van der Waals surface area contributed by atoms with E-state index in [4.69, 9.17) is 16.3 Å². The van der Waals surface area contributed by atoms with Crippen LogP contribution in [-0.2, 0) is 5.88 Å². The minimum absolute atomic E-state index is 0.0624. The molecule has 94 valence electrons. The van der Waals surface area contributed by atoms with Crippen LogP contribution in [0.15, 0.2) is 24.4 Å². The van der Waals surface area contributed by atoms with Gasteiger partial charge in [0.2, 0.25) is 0 Å². The second-order valence-electron chi connectivity index (χ2n) is 3.57. The summed E-state index contributed by atoms with van der Waals surface area (Å²) in [6.45, 7) is 1.76. The Morgan fingerprint density at radius 2 is 2.06 bits per heavy atom. The van der Waals surface area contributed by atoms with E-state index in [0.29, 0.717) is 11.6 Å². The van der Waals surface area contributed by atoms with Crippen molar-refractivity contribution < 1.29 is 13.5 Å². The van der Waals surface area contributed by atoms with Crippen LogP contribution in [0.25, 0.3) is 0 Å². The van der Waals surface area contributed by atoms with Crippen molar-refractivity contribution in [3.8, 4) is 11.8 Å². The lowest BCUT2D eigenvalue weighted by Gasteiger charge is -2.06. The van der Waals surface area contributed by atoms with Gasteiger partial charge in [-0.25, -0.2) is 13.8 Å². The molecule has 3 nitrogen and oxygen atoms in total. The first kappa shape index (κ1) is 12.7. The first-order chi connectivity index (χ1) is 8.60. The van der Waals surface area contributed by atoms with E-state index in [1.165, 1.54) is 12.3 Å². The van der Waals surface area contributed by atoms with Gasteiger partial charge in [0.15, 0.2) is 11.6 Å². The Hall–Kier alpha value is -1.75. The molecule has 0 aliphatic rings. The summed E-state index contributed by atoms with van der Waals surface area (Å²) in [4.78, 5) is 7.98. The van der Waals surface area contributed by atoms with Crippen LogP contribution in [0.1, 0.15) is 11.3 Å². The fraction of sp³-hybridized carbons (Fsp3) is 0.167. The van der Waals surface area contributed by atoms with E-state index < -0.39 is 11.6 Å². The van der Waals surface area contributed by atoms with Gasteiger partial charge < -0.3 is 4.74 Å². The number of aromatic nitrogens is 2. The molecule has 18 heavy (non-hydrogen) atoms. The molecule has 2 rings (SSSR count). The predicted molar refractivity (Wildman–Crippen MR) is 62.8 cm³/mol. The fourth-order valence-corrected chi connectivity index (χ4v) is 1.56. The highest BCUT2D eigenvalue weighted by Crippen LogP contribution is 2.21. The van der Waals surface area contributed by atoms with E-state index >= 15 is 0 Å². The summed E-state index contributed by atoms with van der Waals surface area (Å²) < 4.78 is 30.9. The Morgan fingerprint density at radius 3 is 2.67 bits per heavy atom. The third-order valence-electron chi connectivity index (χ3n) is 2.30. The van der Waals surface area contributed by atoms with Gasteiger partial charge in [-0.2, -0.15) is 4.98 Å². The maximum absolute atomic E-state index is 13.0. The number of rotatable bonds is 3. The topological polar surface area (TPSA) is 35.0 Å². The van der Waals surface area contributed by atoms with Gasteiger partial charge in [0.1, 0.15) is 5.75 Å². The van der Waals surface area contributed by atoms with Crippen LogP contribution < -0.4 is 4.74 Å². The molecule has 0 atom stereocenters. The first-order valence-corrected chi connectivity index (χ1v) is 5.65. The van der Waals surface area contributed by atoms with E-state index in [9.17, 15) is 8.78 Å². The average Bonchev–Trinajstić information content (AvgIpc) is 2.34. The maximum Gasteiger partial charge on any atom is 0.322 e. The van der Waals surface area contributed by atoms with Crippen LogP contribution in [0.4, 0.5) is 8.78 Å². The van der Waals surface area contributed by atoms with Gasteiger partial charge in [0, 0.05) is 23.5 Å². The zero-order valence-corrected chi connectivity index (χ0v) is 10.2. The maximum atomic E-state index is 13.0. The van der Waals surface area contributed by atoms with Crippen LogP contribution in [0, 0.1) is 18.6 Å². The molecular weight excluding hydrogens is 262 g/mol. The van der Waals surface area contributed by atoms with Crippen molar-refractivity contribution in [3.05, 3.63) is 47.3 Å². The van der Waals surface area contributed by atoms with Crippen molar-refractivity contribution in [1.29, 1.82) is 0 Å². The summed E-state index contributed by atoms with van der Waals surface area (Å²) in [6, 6.07) is 3.27. The number of ether oxygens (including phenoxy) is 1. The summed E-state index contributed by atoms with van der Waals surface area (Å²) in [5.74, 6) is -1.48. The minimum Gasteiger partial charge on any atom is -0.424 e. The lowest BCUT2D eigenvalue weighted by Crippen LogP contribution is -1.97. The molecule has 1 aromatic carbocycles. The van der Waals surface area contributed by atoms with Gasteiger partial charge in [0.25, 0.3) is 0 Å². The third kappa shape index (κ3) is 2.73. The van der Waals surface area contributed by atoms with Crippen LogP contribution in [0.2, 0.25) is 0 Å². The molecule has 0 amide bonds. The summed E-state index contributed by atoms with van der Waals surface area (Å²) in [5.41, 5.74) is 1.46. The Bertz CT molecular complexity index is 578. The van der Waals surface area contributed by atoms with E-state index in [2.05, 4.69) is 9.97 Å². The van der Waals surface area contributed by atoms with E-state index in [1.807, 2.05) is 0 Å². The molecule has 0 N–H and O–H groups in total. The molecule has 0 saturated carbocycles. The van der Waals surface area contributed by atoms with Gasteiger partial charge in [-0.3, -0.25) is 0 Å². The summed E-state index contributed by atoms with van der Waals surface area (Å²) in [5, 5.41) is 0. The Morgan fingerprint density at radius 1 is 1.28 bits per heavy atom. The molecule has 1 heterocycles. The van der Waals surface area contributed by atoms with E-state index in [-0.39, 0.29) is 11.8 Å². The summed E-state index contributed by atoms with van der Waals surface area (Å²) in [6.07, 6.45) is 1.53. The highest BCUT2D eigenvalue weighted by molar-refractivity contribution is 6.17. The molecule has 0 unspecified atom stereocenters. The van der Waals surface area contributed by atoms with Crippen molar-refractivity contribution in [3.63, 3.8) is 0 Å². The number of benzene rings is 1. The second kappa shape index (κ2) is 5.27. The van der Waals surface area contributed by atoms with E-state index in [1.54, 1.807) is 6.92 Å². The lowest BCUT2D eigenvalue weighted by molar-refractivity contribution is 0.429. The molecule has 0 aliphatic carbocycles. The third-order valence-corrected chi connectivity index (χ3v) is 2.59. The van der Waals surface area contributed by atoms with Gasteiger partial charge in [-0.1, -0.05) is 0 Å². The van der Waals surface area contributed by atoms with Crippen molar-refractivity contribution in [1.82, 2.24) is 9.97 Å². The minimum atomic E-state index is -0.985. The Labute approximate surface area is 107 Å². The average molecular weight is 271 g/mol. The smallest absolute Gasteiger partial charge is 0.322 e. The number of hydrogen-bond acceptors (Lipinski definition) is 3. The summed E-state index contributed by atoms with van der Waals surface area (Å²) in [7, 11) is 0. The first-order valence-electron chi connectivity index (χ1n) is 5.11. The van der Waals surface area contributed by atoms with E-state index in [0.717, 1.165) is 17.7 Å². The standard InChI is InChI=1S/C12H9ClF2N2O/c1-7-8(5-13)6-16-12(17-7)18-9-2-3-10(14)11(15)4-9/h2-4,6H,5H2,1H3. The lowest BCUT2D eigenvalue weighted by atomic mass is 10.3. The number of hydrogen-bond donors (Lipinski definition) is 0. The van der Waals surface area contributed by atoms with Crippen LogP contribution >= 0.6 is 11.6 Å². The quantitative estimate of drug-likeness (QED) is 0.800. The Balaban J connectivity index is 2.23. The number of nitrogens with zero attached hydrogens (tertiary/aromatic N) is 2. The van der Waals surface area contributed by atoms with Crippen molar-refractivity contribution in [2.24, 2.45) is 0 Å². The number of alkyl halides is 1. The summed E-state index contributed by atoms with van der Waals surface area (Å²) >= 11 is 5.67. The Kier molecular flexibility index (Phi) is 3.72. The van der Waals surface area contributed by atoms with Gasteiger partial charge >= 0.3 is 6.01 Å². The fourth-order valence-electron chi connectivity index (χ4n) is 1.30. The molecular formula is C12H9ClF2N2O. The molecule has 1 aromatic heterocycles. The van der Waals surface area contributed by atoms with Gasteiger partial charge in [0.05, 0.1) is 5.88 Å². The monoisotopic (exact) mass is 270 g/mol. The predicted octanol–water partition coefficient (Wildman–Crippen LogP) is 3.59. The number of aryl methyl sites for hydroxylation is 1. The van der Waals surface area contributed by atoms with Crippen LogP contribution in [-0.4, -0.2) is 9.97 Å². The molecule has 0 radical (unpaired) electrons. The zero-order chi connectivity index (χ0) is 13.1. The molecule has 0 saturated heterocycles. The highest BCUT2D eigenvalue weighted by atomic mass is 35.5. The molecule has 0 bridgehead atoms. The van der Waals surface area contributed by atoms with Crippen molar-refractivity contribution in [2.45, 2.75) is 12.8 Å². The van der Waals surface area contributed by atoms with Gasteiger partial charge in [-0.05, 0) is 19.1 Å². The SMILES string of the molecule is Cc1nc(Oc2ccc(F)c(F)c2)ncc1CCl. The highest BCUT2D eigenvalue weighted by Gasteiger charge is 2.07. The molecule has 0 spiro atoms. The molecule has 0 aliphatic heterocycles. The van der Waals surface area contributed by atoms with Crippen LogP contribution in [0.5, 0.6) is 11.8 Å². The molecule has 2 aromatic rings. The van der Waals surface area contributed by atoms with Crippen molar-refractivity contribution in [2.75, 3.05) is 0 Å². The largest absolute Gasteiger partial charge is 0.424 e. The van der Waals surface area contributed by atoms with Crippen LogP contribution in [0.3, 0.4) is 0 Å². The molecule has 6 heteroatoms. The zero-order valence-electron chi connectivity index (χ0n) is 9.45. The normalized spacial score (nSPS) is 10.4.